The second-order valence-corrected chi connectivity index (χ2v) is 9.45. The van der Waals surface area contributed by atoms with Gasteiger partial charge in [-0.25, -0.2) is 4.79 Å². The average molecular weight is 492 g/mol. The molecule has 2 saturated heterocycles. The maximum absolute atomic E-state index is 13.1. The topological polar surface area (TPSA) is 111 Å². The number of carbonyl (C=O) groups excluding carboxylic acids is 4. The predicted molar refractivity (Wildman–Crippen MR) is 137 cm³/mol. The summed E-state index contributed by atoms with van der Waals surface area (Å²) in [5.41, 5.74) is 1.10. The van der Waals surface area contributed by atoms with Crippen LogP contribution >= 0.6 is 0 Å². The Morgan fingerprint density at radius 1 is 1.06 bits per heavy atom. The highest BCUT2D eigenvalue weighted by atomic mass is 16.2. The van der Waals surface area contributed by atoms with Crippen LogP contribution in [0, 0.1) is 0 Å². The number of hydrogen-bond donors (Lipinski definition) is 3. The van der Waals surface area contributed by atoms with E-state index in [0.717, 1.165) is 36.5 Å². The van der Waals surface area contributed by atoms with Crippen LogP contribution < -0.4 is 20.9 Å². The SMILES string of the molecule is CCCC(NC(=O)CN1C(=O)NC(C)(c2ccccc2)C1=O)C(=O)Nc1cccc(N2CCCC2)c1. The fraction of sp³-hybridized carbons (Fsp3) is 0.407. The molecule has 5 amide bonds. The molecule has 0 bridgehead atoms. The average Bonchev–Trinajstić information content (AvgIpc) is 3.49. The van der Waals surface area contributed by atoms with Crippen LogP contribution in [0.1, 0.15) is 45.1 Å². The van der Waals surface area contributed by atoms with Crippen molar-refractivity contribution < 1.29 is 19.2 Å². The molecule has 0 saturated carbocycles. The third-order valence-electron chi connectivity index (χ3n) is 6.74. The molecule has 2 fully saturated rings. The molecule has 2 aliphatic heterocycles. The molecule has 3 N–H and O–H groups in total. The zero-order valence-corrected chi connectivity index (χ0v) is 20.8. The summed E-state index contributed by atoms with van der Waals surface area (Å²) >= 11 is 0. The van der Waals surface area contributed by atoms with Gasteiger partial charge in [0.05, 0.1) is 0 Å². The Bertz CT molecular complexity index is 1130. The molecule has 0 aromatic heterocycles. The van der Waals surface area contributed by atoms with E-state index in [-0.39, 0.29) is 5.91 Å². The van der Waals surface area contributed by atoms with Gasteiger partial charge in [-0.3, -0.25) is 19.3 Å². The van der Waals surface area contributed by atoms with E-state index in [1.165, 1.54) is 0 Å². The first kappa shape index (κ1) is 25.2. The first-order chi connectivity index (χ1) is 17.3. The van der Waals surface area contributed by atoms with Gasteiger partial charge < -0.3 is 20.9 Å². The molecule has 2 atom stereocenters. The van der Waals surface area contributed by atoms with Gasteiger partial charge in [0.15, 0.2) is 0 Å². The molecule has 2 heterocycles. The lowest BCUT2D eigenvalue weighted by Gasteiger charge is -2.23. The zero-order chi connectivity index (χ0) is 25.7. The number of imide groups is 1. The molecule has 2 aromatic rings. The van der Waals surface area contributed by atoms with Crippen LogP contribution in [0.25, 0.3) is 0 Å². The number of rotatable bonds is 9. The molecule has 9 heteroatoms. The third-order valence-corrected chi connectivity index (χ3v) is 6.74. The highest BCUT2D eigenvalue weighted by Crippen LogP contribution is 2.28. The lowest BCUT2D eigenvalue weighted by Crippen LogP contribution is -2.49. The second kappa shape index (κ2) is 10.8. The van der Waals surface area contributed by atoms with Crippen LogP contribution in [0.3, 0.4) is 0 Å². The molecular formula is C27H33N5O4. The number of nitrogens with zero attached hydrogens (tertiary/aromatic N) is 2. The summed E-state index contributed by atoms with van der Waals surface area (Å²) in [5.74, 6) is -1.42. The number of hydrogen-bond acceptors (Lipinski definition) is 5. The number of amides is 5. The summed E-state index contributed by atoms with van der Waals surface area (Å²) in [5, 5.41) is 8.30. The van der Waals surface area contributed by atoms with Gasteiger partial charge >= 0.3 is 6.03 Å². The van der Waals surface area contributed by atoms with Crippen LogP contribution in [0.5, 0.6) is 0 Å². The van der Waals surface area contributed by atoms with Gasteiger partial charge in [0, 0.05) is 24.5 Å². The number of carbonyl (C=O) groups is 4. The number of anilines is 2. The zero-order valence-electron chi connectivity index (χ0n) is 20.8. The van der Waals surface area contributed by atoms with Crippen molar-refractivity contribution >= 4 is 35.1 Å². The van der Waals surface area contributed by atoms with E-state index < -0.39 is 36.0 Å². The van der Waals surface area contributed by atoms with Crippen molar-refractivity contribution in [2.24, 2.45) is 0 Å². The van der Waals surface area contributed by atoms with Crippen molar-refractivity contribution in [1.29, 1.82) is 0 Å². The molecular weight excluding hydrogens is 458 g/mol. The molecule has 190 valence electrons. The van der Waals surface area contributed by atoms with Crippen molar-refractivity contribution in [2.45, 2.75) is 51.1 Å². The van der Waals surface area contributed by atoms with E-state index in [2.05, 4.69) is 20.9 Å². The monoisotopic (exact) mass is 491 g/mol. The highest BCUT2D eigenvalue weighted by molar-refractivity contribution is 6.09. The van der Waals surface area contributed by atoms with Crippen LogP contribution in [0.4, 0.5) is 16.2 Å². The first-order valence-corrected chi connectivity index (χ1v) is 12.5. The Labute approximate surface area is 211 Å². The standard InChI is InChI=1S/C27H33N5O4/c1-3-10-22(24(34)28-20-13-9-14-21(17-20)31-15-7-8-16-31)29-23(33)18-32-25(35)27(2,30-26(32)36)19-11-5-4-6-12-19/h4-6,9,11-14,17,22H,3,7-8,10,15-16,18H2,1-2H3,(H,28,34)(H,29,33)(H,30,36). The predicted octanol–water partition coefficient (Wildman–Crippen LogP) is 2.98. The molecule has 2 unspecified atom stereocenters. The van der Waals surface area contributed by atoms with Crippen molar-refractivity contribution in [3.05, 3.63) is 60.2 Å². The lowest BCUT2D eigenvalue weighted by molar-refractivity contribution is -0.135. The van der Waals surface area contributed by atoms with Crippen molar-refractivity contribution in [2.75, 3.05) is 29.9 Å². The molecule has 36 heavy (non-hydrogen) atoms. The summed E-state index contributed by atoms with van der Waals surface area (Å²) in [4.78, 5) is 54.7. The molecule has 2 aliphatic rings. The minimum Gasteiger partial charge on any atom is -0.371 e. The summed E-state index contributed by atoms with van der Waals surface area (Å²) < 4.78 is 0. The smallest absolute Gasteiger partial charge is 0.325 e. The summed E-state index contributed by atoms with van der Waals surface area (Å²) in [6, 6.07) is 15.1. The minimum atomic E-state index is -1.25. The fourth-order valence-electron chi connectivity index (χ4n) is 4.73. The van der Waals surface area contributed by atoms with Crippen LogP contribution in [-0.4, -0.2) is 54.3 Å². The van der Waals surface area contributed by atoms with E-state index in [0.29, 0.717) is 24.1 Å². The highest BCUT2D eigenvalue weighted by Gasteiger charge is 2.49. The van der Waals surface area contributed by atoms with Crippen molar-refractivity contribution in [3.63, 3.8) is 0 Å². The van der Waals surface area contributed by atoms with E-state index in [1.54, 1.807) is 31.2 Å². The number of urea groups is 1. The third kappa shape index (κ3) is 5.35. The van der Waals surface area contributed by atoms with Gasteiger partial charge in [0.25, 0.3) is 5.91 Å². The fourth-order valence-corrected chi connectivity index (χ4v) is 4.73. The Hall–Kier alpha value is -3.88. The molecule has 4 rings (SSSR count). The largest absolute Gasteiger partial charge is 0.371 e. The Kier molecular flexibility index (Phi) is 7.57. The Morgan fingerprint density at radius 3 is 2.47 bits per heavy atom. The number of benzene rings is 2. The number of nitrogens with one attached hydrogen (secondary N) is 3. The van der Waals surface area contributed by atoms with Gasteiger partial charge in [-0.15, -0.1) is 0 Å². The normalized spacial score (nSPS) is 20.3. The molecule has 9 nitrogen and oxygen atoms in total. The first-order valence-electron chi connectivity index (χ1n) is 12.5. The van der Waals surface area contributed by atoms with E-state index in [1.807, 2.05) is 37.3 Å². The summed E-state index contributed by atoms with van der Waals surface area (Å²) in [6.45, 7) is 5.06. The quantitative estimate of drug-likeness (QED) is 0.467. The lowest BCUT2D eigenvalue weighted by atomic mass is 9.92. The van der Waals surface area contributed by atoms with Crippen molar-refractivity contribution in [3.8, 4) is 0 Å². The van der Waals surface area contributed by atoms with Gasteiger partial charge in [-0.2, -0.15) is 0 Å². The Balaban J connectivity index is 1.39. The van der Waals surface area contributed by atoms with E-state index >= 15 is 0 Å². The van der Waals surface area contributed by atoms with Crippen LogP contribution in [0.15, 0.2) is 54.6 Å². The summed E-state index contributed by atoms with van der Waals surface area (Å²) in [7, 11) is 0. The van der Waals surface area contributed by atoms with Crippen LogP contribution in [0.2, 0.25) is 0 Å². The van der Waals surface area contributed by atoms with Gasteiger partial charge in [-0.05, 0) is 49.9 Å². The van der Waals surface area contributed by atoms with Crippen LogP contribution in [-0.2, 0) is 19.9 Å². The second-order valence-electron chi connectivity index (χ2n) is 9.45. The summed E-state index contributed by atoms with van der Waals surface area (Å²) in [6.07, 6.45) is 3.40. The molecule has 0 spiro atoms. The molecule has 2 aromatic carbocycles. The van der Waals surface area contributed by atoms with E-state index in [4.69, 9.17) is 0 Å². The maximum Gasteiger partial charge on any atom is 0.325 e. The van der Waals surface area contributed by atoms with Gasteiger partial charge in [0.2, 0.25) is 11.8 Å². The molecule has 0 radical (unpaired) electrons. The molecule has 0 aliphatic carbocycles. The van der Waals surface area contributed by atoms with E-state index in [9.17, 15) is 19.2 Å². The minimum absolute atomic E-state index is 0.338. The van der Waals surface area contributed by atoms with Crippen molar-refractivity contribution in [1.82, 2.24) is 15.5 Å². The maximum atomic E-state index is 13.1. The Morgan fingerprint density at radius 2 is 1.78 bits per heavy atom. The van der Waals surface area contributed by atoms with Gasteiger partial charge in [-0.1, -0.05) is 49.7 Å². The van der Waals surface area contributed by atoms with Gasteiger partial charge in [0.1, 0.15) is 18.1 Å².